The third-order valence-electron chi connectivity index (χ3n) is 2.41. The average molecular weight is 233 g/mol. The standard InChI is InChI=1S/C13H12FNO2/c1-9-2-3-11(6-12(9)14)17-13-7-15-5-4-10(13)8-16/h2-7,16H,8H2,1H3. The molecular weight excluding hydrogens is 221 g/mol. The zero-order valence-corrected chi connectivity index (χ0v) is 9.35. The number of nitrogens with zero attached hydrogens (tertiary/aromatic N) is 1. The van der Waals surface area contributed by atoms with Crippen molar-refractivity contribution in [1.29, 1.82) is 0 Å². The Labute approximate surface area is 98.5 Å². The Morgan fingerprint density at radius 3 is 2.88 bits per heavy atom. The van der Waals surface area contributed by atoms with Crippen LogP contribution in [0.3, 0.4) is 0 Å². The lowest BCUT2D eigenvalue weighted by Crippen LogP contribution is -1.93. The van der Waals surface area contributed by atoms with Gasteiger partial charge in [0.05, 0.1) is 12.8 Å². The van der Waals surface area contributed by atoms with Crippen molar-refractivity contribution in [1.82, 2.24) is 4.98 Å². The van der Waals surface area contributed by atoms with E-state index >= 15 is 0 Å². The minimum absolute atomic E-state index is 0.147. The predicted molar refractivity (Wildman–Crippen MR) is 61.4 cm³/mol. The number of rotatable bonds is 3. The maximum atomic E-state index is 13.3. The third kappa shape index (κ3) is 2.60. The van der Waals surface area contributed by atoms with E-state index in [2.05, 4.69) is 4.98 Å². The highest BCUT2D eigenvalue weighted by Gasteiger charge is 2.05. The fourth-order valence-electron chi connectivity index (χ4n) is 1.40. The fourth-order valence-corrected chi connectivity index (χ4v) is 1.40. The Bertz CT molecular complexity index is 529. The smallest absolute Gasteiger partial charge is 0.151 e. The van der Waals surface area contributed by atoms with Crippen LogP contribution in [0.15, 0.2) is 36.7 Å². The van der Waals surface area contributed by atoms with Gasteiger partial charge in [-0.2, -0.15) is 0 Å². The molecule has 0 unspecified atom stereocenters. The summed E-state index contributed by atoms with van der Waals surface area (Å²) in [5.74, 6) is 0.492. The molecule has 0 radical (unpaired) electrons. The monoisotopic (exact) mass is 233 g/mol. The maximum Gasteiger partial charge on any atom is 0.151 e. The van der Waals surface area contributed by atoms with Gasteiger partial charge in [0, 0.05) is 17.8 Å². The van der Waals surface area contributed by atoms with Crippen LogP contribution in [0.5, 0.6) is 11.5 Å². The van der Waals surface area contributed by atoms with Crippen LogP contribution in [0.2, 0.25) is 0 Å². The Morgan fingerprint density at radius 1 is 1.35 bits per heavy atom. The summed E-state index contributed by atoms with van der Waals surface area (Å²) in [6, 6.07) is 6.27. The molecule has 88 valence electrons. The third-order valence-corrected chi connectivity index (χ3v) is 2.41. The molecule has 0 saturated carbocycles. The Morgan fingerprint density at radius 2 is 2.18 bits per heavy atom. The molecule has 3 nitrogen and oxygen atoms in total. The molecule has 1 heterocycles. The molecule has 1 aromatic carbocycles. The molecule has 1 N–H and O–H groups in total. The van der Waals surface area contributed by atoms with Crippen molar-refractivity contribution >= 4 is 0 Å². The van der Waals surface area contributed by atoms with Gasteiger partial charge in [-0.05, 0) is 24.6 Å². The van der Waals surface area contributed by atoms with Gasteiger partial charge in [-0.25, -0.2) is 4.39 Å². The summed E-state index contributed by atoms with van der Waals surface area (Å²) >= 11 is 0. The second-order valence-electron chi connectivity index (χ2n) is 3.65. The van der Waals surface area contributed by atoms with Crippen molar-refractivity contribution in [3.8, 4) is 11.5 Å². The van der Waals surface area contributed by atoms with Crippen LogP contribution in [0.4, 0.5) is 4.39 Å². The largest absolute Gasteiger partial charge is 0.455 e. The molecule has 0 atom stereocenters. The molecule has 2 rings (SSSR count). The van der Waals surface area contributed by atoms with E-state index < -0.39 is 0 Å². The van der Waals surface area contributed by atoms with E-state index in [1.54, 1.807) is 31.3 Å². The zero-order valence-electron chi connectivity index (χ0n) is 9.35. The van der Waals surface area contributed by atoms with E-state index in [9.17, 15) is 4.39 Å². The maximum absolute atomic E-state index is 13.3. The lowest BCUT2D eigenvalue weighted by atomic mass is 10.2. The second kappa shape index (κ2) is 4.93. The summed E-state index contributed by atoms with van der Waals surface area (Å²) in [4.78, 5) is 3.90. The fraction of sp³-hybridized carbons (Fsp3) is 0.154. The van der Waals surface area contributed by atoms with E-state index in [-0.39, 0.29) is 12.4 Å². The van der Waals surface area contributed by atoms with E-state index in [1.807, 2.05) is 0 Å². The summed E-state index contributed by atoms with van der Waals surface area (Å²) in [7, 11) is 0. The normalized spacial score (nSPS) is 10.3. The molecule has 4 heteroatoms. The molecule has 0 aliphatic carbocycles. The quantitative estimate of drug-likeness (QED) is 0.886. The zero-order chi connectivity index (χ0) is 12.3. The van der Waals surface area contributed by atoms with Crippen LogP contribution < -0.4 is 4.74 Å². The Kier molecular flexibility index (Phi) is 3.35. The lowest BCUT2D eigenvalue weighted by molar-refractivity contribution is 0.276. The number of halogens is 1. The van der Waals surface area contributed by atoms with Crippen molar-refractivity contribution in [2.24, 2.45) is 0 Å². The lowest BCUT2D eigenvalue weighted by Gasteiger charge is -2.09. The summed E-state index contributed by atoms with van der Waals surface area (Å²) < 4.78 is 18.8. The van der Waals surface area contributed by atoms with Crippen molar-refractivity contribution in [3.63, 3.8) is 0 Å². The van der Waals surface area contributed by atoms with Crippen molar-refractivity contribution in [3.05, 3.63) is 53.6 Å². The molecule has 0 aliphatic heterocycles. The first-order chi connectivity index (χ1) is 8.20. The topological polar surface area (TPSA) is 42.4 Å². The average Bonchev–Trinajstić information content (AvgIpc) is 2.34. The van der Waals surface area contributed by atoms with Gasteiger partial charge in [-0.3, -0.25) is 4.98 Å². The van der Waals surface area contributed by atoms with Gasteiger partial charge < -0.3 is 9.84 Å². The van der Waals surface area contributed by atoms with Gasteiger partial charge in [0.25, 0.3) is 0 Å². The summed E-state index contributed by atoms with van der Waals surface area (Å²) in [6.07, 6.45) is 3.05. The van der Waals surface area contributed by atoms with E-state index in [0.29, 0.717) is 22.6 Å². The minimum Gasteiger partial charge on any atom is -0.455 e. The van der Waals surface area contributed by atoms with E-state index in [1.165, 1.54) is 12.3 Å². The Balaban J connectivity index is 2.28. The number of aliphatic hydroxyl groups is 1. The van der Waals surface area contributed by atoms with Gasteiger partial charge in [0.15, 0.2) is 5.75 Å². The highest BCUT2D eigenvalue weighted by Crippen LogP contribution is 2.25. The Hall–Kier alpha value is -1.94. The summed E-state index contributed by atoms with van der Waals surface area (Å²) in [5, 5.41) is 9.11. The van der Waals surface area contributed by atoms with Crippen LogP contribution in [-0.2, 0) is 6.61 Å². The molecule has 0 saturated heterocycles. The van der Waals surface area contributed by atoms with Crippen LogP contribution in [0.25, 0.3) is 0 Å². The first-order valence-corrected chi connectivity index (χ1v) is 5.18. The SMILES string of the molecule is Cc1ccc(Oc2cnccc2CO)cc1F. The molecule has 0 aliphatic rings. The summed E-state index contributed by atoms with van der Waals surface area (Å²) in [6.45, 7) is 1.54. The molecular formula is C13H12FNO2. The van der Waals surface area contributed by atoms with Crippen LogP contribution in [0, 0.1) is 12.7 Å². The van der Waals surface area contributed by atoms with Crippen LogP contribution in [-0.4, -0.2) is 10.1 Å². The first kappa shape index (κ1) is 11.5. The number of pyridine rings is 1. The number of hydrogen-bond donors (Lipinski definition) is 1. The number of aryl methyl sites for hydroxylation is 1. The predicted octanol–water partition coefficient (Wildman–Crippen LogP) is 2.81. The second-order valence-corrected chi connectivity index (χ2v) is 3.65. The molecule has 0 spiro atoms. The van der Waals surface area contributed by atoms with Gasteiger partial charge in [0.2, 0.25) is 0 Å². The number of ether oxygens (including phenoxy) is 1. The van der Waals surface area contributed by atoms with Crippen molar-refractivity contribution < 1.29 is 14.2 Å². The van der Waals surface area contributed by atoms with Crippen molar-refractivity contribution in [2.75, 3.05) is 0 Å². The number of aromatic nitrogens is 1. The van der Waals surface area contributed by atoms with Crippen molar-refractivity contribution in [2.45, 2.75) is 13.5 Å². The molecule has 0 amide bonds. The summed E-state index contributed by atoms with van der Waals surface area (Å²) in [5.41, 5.74) is 1.17. The van der Waals surface area contributed by atoms with Crippen LogP contribution in [0.1, 0.15) is 11.1 Å². The molecule has 2 aromatic rings. The van der Waals surface area contributed by atoms with Crippen LogP contribution >= 0.6 is 0 Å². The molecule has 0 bridgehead atoms. The number of benzene rings is 1. The first-order valence-electron chi connectivity index (χ1n) is 5.18. The van der Waals surface area contributed by atoms with E-state index in [0.717, 1.165) is 0 Å². The van der Waals surface area contributed by atoms with Gasteiger partial charge >= 0.3 is 0 Å². The van der Waals surface area contributed by atoms with Gasteiger partial charge in [-0.15, -0.1) is 0 Å². The number of aliphatic hydroxyl groups excluding tert-OH is 1. The molecule has 17 heavy (non-hydrogen) atoms. The minimum atomic E-state index is -0.322. The van der Waals surface area contributed by atoms with Gasteiger partial charge in [0.1, 0.15) is 11.6 Å². The molecule has 1 aromatic heterocycles. The van der Waals surface area contributed by atoms with Gasteiger partial charge in [-0.1, -0.05) is 6.07 Å². The van der Waals surface area contributed by atoms with E-state index in [4.69, 9.17) is 9.84 Å². The number of hydrogen-bond acceptors (Lipinski definition) is 3. The highest BCUT2D eigenvalue weighted by molar-refractivity contribution is 5.36. The molecule has 0 fully saturated rings. The highest BCUT2D eigenvalue weighted by atomic mass is 19.1.